The number of aryl methyl sites for hydroxylation is 2. The minimum atomic E-state index is -0.144. The number of nitrogens with zero attached hydrogens (tertiary/aromatic N) is 4. The van der Waals surface area contributed by atoms with E-state index >= 15 is 0 Å². The Balaban J connectivity index is 1.15. The van der Waals surface area contributed by atoms with Gasteiger partial charge in [0, 0.05) is 51.6 Å². The molecular weight excluding hydrogens is 468 g/mol. The molecule has 3 aromatic rings. The molecule has 2 aliphatic rings. The van der Waals surface area contributed by atoms with E-state index < -0.39 is 0 Å². The number of amides is 2. The van der Waals surface area contributed by atoms with Crippen LogP contribution in [0, 0.1) is 5.41 Å². The zero-order valence-electron chi connectivity index (χ0n) is 21.6. The zero-order valence-corrected chi connectivity index (χ0v) is 21.6. The monoisotopic (exact) mass is 502 g/mol. The molecule has 8 heteroatoms. The molecule has 2 fully saturated rings. The molecule has 0 unspecified atom stereocenters. The van der Waals surface area contributed by atoms with Crippen molar-refractivity contribution in [3.05, 3.63) is 70.1 Å². The largest absolute Gasteiger partial charge is 0.494 e. The maximum absolute atomic E-state index is 13.1. The Morgan fingerprint density at radius 2 is 1.65 bits per heavy atom. The molecule has 1 spiro atoms. The highest BCUT2D eigenvalue weighted by Crippen LogP contribution is 2.40. The number of carbonyl (C=O) groups excluding carboxylic acids is 2. The third kappa shape index (κ3) is 5.10. The van der Waals surface area contributed by atoms with Crippen molar-refractivity contribution in [3.8, 4) is 5.75 Å². The first kappa shape index (κ1) is 25.0. The van der Waals surface area contributed by atoms with Crippen molar-refractivity contribution in [2.45, 2.75) is 39.0 Å². The Morgan fingerprint density at radius 3 is 2.35 bits per heavy atom. The standard InChI is InChI=1S/C29H34N4O4/c1-3-37-22-10-8-21(9-11-22)27(35)32-17-14-29(15-18-32)16-19-33(20-29)26(34)13-12-24-28(36)31(2)25-7-5-4-6-23(25)30-24/h4-11H,3,12-20H2,1-2H3. The van der Waals surface area contributed by atoms with Crippen LogP contribution in [0.15, 0.2) is 53.3 Å². The maximum Gasteiger partial charge on any atom is 0.272 e. The minimum absolute atomic E-state index is 0.0493. The van der Waals surface area contributed by atoms with Crippen LogP contribution in [-0.4, -0.2) is 64.0 Å². The average molecular weight is 503 g/mol. The molecule has 2 aromatic carbocycles. The molecule has 2 aliphatic heterocycles. The Morgan fingerprint density at radius 1 is 0.973 bits per heavy atom. The maximum atomic E-state index is 13.1. The summed E-state index contributed by atoms with van der Waals surface area (Å²) in [4.78, 5) is 47.2. The van der Waals surface area contributed by atoms with Crippen molar-refractivity contribution < 1.29 is 14.3 Å². The second-order valence-electron chi connectivity index (χ2n) is 10.2. The Kier molecular flexibility index (Phi) is 7.00. The van der Waals surface area contributed by atoms with Crippen LogP contribution < -0.4 is 10.3 Å². The fourth-order valence-corrected chi connectivity index (χ4v) is 5.67. The van der Waals surface area contributed by atoms with Crippen LogP contribution in [0.4, 0.5) is 0 Å². The van der Waals surface area contributed by atoms with E-state index in [1.165, 1.54) is 0 Å². The number of hydrogen-bond acceptors (Lipinski definition) is 5. The normalized spacial score (nSPS) is 16.9. The molecule has 0 saturated carbocycles. The van der Waals surface area contributed by atoms with Crippen molar-refractivity contribution in [1.82, 2.24) is 19.4 Å². The van der Waals surface area contributed by atoms with Gasteiger partial charge in [0.05, 0.1) is 17.6 Å². The third-order valence-corrected chi connectivity index (χ3v) is 7.94. The average Bonchev–Trinajstić information content (AvgIpc) is 3.34. The van der Waals surface area contributed by atoms with Crippen molar-refractivity contribution in [3.63, 3.8) is 0 Å². The molecule has 2 amide bonds. The molecule has 5 rings (SSSR count). The van der Waals surface area contributed by atoms with Gasteiger partial charge in [-0.15, -0.1) is 0 Å². The Labute approximate surface area is 216 Å². The summed E-state index contributed by atoms with van der Waals surface area (Å²) in [5.74, 6) is 0.888. The summed E-state index contributed by atoms with van der Waals surface area (Å²) < 4.78 is 7.08. The van der Waals surface area contributed by atoms with Crippen molar-refractivity contribution in [2.24, 2.45) is 12.5 Å². The van der Waals surface area contributed by atoms with E-state index in [9.17, 15) is 14.4 Å². The Bertz CT molecular complexity index is 1360. The molecule has 0 atom stereocenters. The highest BCUT2D eigenvalue weighted by molar-refractivity contribution is 5.94. The van der Waals surface area contributed by atoms with E-state index in [-0.39, 0.29) is 29.2 Å². The summed E-state index contributed by atoms with van der Waals surface area (Å²) in [6.45, 7) is 5.38. The van der Waals surface area contributed by atoms with Gasteiger partial charge in [-0.1, -0.05) is 12.1 Å². The summed E-state index contributed by atoms with van der Waals surface area (Å²) in [7, 11) is 1.74. The van der Waals surface area contributed by atoms with E-state index in [4.69, 9.17) is 4.74 Å². The molecule has 194 valence electrons. The number of ether oxygens (including phenoxy) is 1. The van der Waals surface area contributed by atoms with E-state index in [2.05, 4.69) is 4.98 Å². The van der Waals surface area contributed by atoms with E-state index in [1.807, 2.05) is 65.3 Å². The predicted octanol–water partition coefficient (Wildman–Crippen LogP) is 3.42. The number of hydrogen-bond donors (Lipinski definition) is 0. The van der Waals surface area contributed by atoms with Gasteiger partial charge in [-0.3, -0.25) is 14.4 Å². The molecule has 37 heavy (non-hydrogen) atoms. The fraction of sp³-hybridized carbons (Fsp3) is 0.448. The smallest absolute Gasteiger partial charge is 0.272 e. The summed E-state index contributed by atoms with van der Waals surface area (Å²) in [6.07, 6.45) is 3.36. The van der Waals surface area contributed by atoms with E-state index in [1.54, 1.807) is 11.6 Å². The molecule has 1 aromatic heterocycles. The first-order valence-corrected chi connectivity index (χ1v) is 13.1. The number of aromatic nitrogens is 2. The summed E-state index contributed by atoms with van der Waals surface area (Å²) in [5.41, 5.74) is 2.59. The number of rotatable bonds is 6. The predicted molar refractivity (Wildman–Crippen MR) is 142 cm³/mol. The summed E-state index contributed by atoms with van der Waals surface area (Å²) in [5, 5.41) is 0. The highest BCUT2D eigenvalue weighted by atomic mass is 16.5. The highest BCUT2D eigenvalue weighted by Gasteiger charge is 2.42. The van der Waals surface area contributed by atoms with Gasteiger partial charge in [0.15, 0.2) is 0 Å². The molecule has 0 aliphatic carbocycles. The second-order valence-corrected chi connectivity index (χ2v) is 10.2. The van der Waals surface area contributed by atoms with Crippen LogP contribution in [0.5, 0.6) is 5.75 Å². The van der Waals surface area contributed by atoms with Gasteiger partial charge in [-0.05, 0) is 68.0 Å². The van der Waals surface area contributed by atoms with Crippen molar-refractivity contribution >= 4 is 22.8 Å². The zero-order chi connectivity index (χ0) is 26.0. The van der Waals surface area contributed by atoms with Gasteiger partial charge in [-0.2, -0.15) is 0 Å². The van der Waals surface area contributed by atoms with Crippen LogP contribution in [0.1, 0.15) is 48.7 Å². The SMILES string of the molecule is CCOc1ccc(C(=O)N2CCC3(CCN(C(=O)CCc4nc5ccccc5n(C)c4=O)C3)CC2)cc1. The lowest BCUT2D eigenvalue weighted by atomic mass is 9.77. The second kappa shape index (κ2) is 10.4. The molecule has 3 heterocycles. The molecule has 0 bridgehead atoms. The summed E-state index contributed by atoms with van der Waals surface area (Å²) in [6, 6.07) is 14.9. The van der Waals surface area contributed by atoms with Gasteiger partial charge in [-0.25, -0.2) is 4.98 Å². The minimum Gasteiger partial charge on any atom is -0.494 e. The van der Waals surface area contributed by atoms with Gasteiger partial charge >= 0.3 is 0 Å². The van der Waals surface area contributed by atoms with Crippen molar-refractivity contribution in [1.29, 1.82) is 0 Å². The summed E-state index contributed by atoms with van der Waals surface area (Å²) >= 11 is 0. The number of para-hydroxylation sites is 2. The first-order chi connectivity index (χ1) is 17.9. The van der Waals surface area contributed by atoms with Crippen LogP contribution >= 0.6 is 0 Å². The van der Waals surface area contributed by atoms with E-state index in [0.717, 1.165) is 49.1 Å². The van der Waals surface area contributed by atoms with Crippen LogP contribution in [0.25, 0.3) is 11.0 Å². The van der Waals surface area contributed by atoms with Gasteiger partial charge in [0.25, 0.3) is 11.5 Å². The number of piperidine rings is 1. The molecular formula is C29H34N4O4. The lowest BCUT2D eigenvalue weighted by molar-refractivity contribution is -0.130. The van der Waals surface area contributed by atoms with Crippen molar-refractivity contribution in [2.75, 3.05) is 32.8 Å². The number of fused-ring (bicyclic) bond motifs is 1. The first-order valence-electron chi connectivity index (χ1n) is 13.1. The topological polar surface area (TPSA) is 84.7 Å². The van der Waals surface area contributed by atoms with Gasteiger partial charge in [0.1, 0.15) is 11.4 Å². The Hall–Kier alpha value is -3.68. The quantitative estimate of drug-likeness (QED) is 0.516. The molecule has 0 N–H and O–H groups in total. The van der Waals surface area contributed by atoms with Crippen LogP contribution in [0.3, 0.4) is 0 Å². The number of carbonyl (C=O) groups is 2. The molecule has 0 radical (unpaired) electrons. The fourth-order valence-electron chi connectivity index (χ4n) is 5.67. The number of benzene rings is 2. The molecule has 8 nitrogen and oxygen atoms in total. The van der Waals surface area contributed by atoms with Crippen LogP contribution in [0.2, 0.25) is 0 Å². The lowest BCUT2D eigenvalue weighted by Gasteiger charge is -2.39. The lowest BCUT2D eigenvalue weighted by Crippen LogP contribution is -2.44. The number of likely N-dealkylation sites (tertiary alicyclic amines) is 2. The van der Waals surface area contributed by atoms with Crippen LogP contribution in [-0.2, 0) is 18.3 Å². The third-order valence-electron chi connectivity index (χ3n) is 7.94. The van der Waals surface area contributed by atoms with E-state index in [0.29, 0.717) is 37.4 Å². The molecule has 2 saturated heterocycles. The van der Waals surface area contributed by atoms with Gasteiger partial charge < -0.3 is 19.1 Å². The van der Waals surface area contributed by atoms with Gasteiger partial charge in [0.2, 0.25) is 5.91 Å².